The molecule has 0 spiro atoms. The minimum absolute atomic E-state index is 0.0888. The standard InChI is InChI=1S/C20H32O2/c1-19-10-8-14(21)12-13(19)4-5-15-16-6-7-18(22-3)20(16,2)11-9-17(15)19/h4,14-18,21H,5-12H2,1-3H3/t14-,15+,16+,17+,18+,19-,20+/m0/s1. The van der Waals surface area contributed by atoms with Crippen LogP contribution < -0.4 is 0 Å². The maximum atomic E-state index is 10.1. The largest absolute Gasteiger partial charge is 0.393 e. The molecule has 0 bridgehead atoms. The van der Waals surface area contributed by atoms with E-state index in [0.29, 0.717) is 16.9 Å². The molecule has 7 atom stereocenters. The molecule has 0 aromatic heterocycles. The molecule has 0 amide bonds. The summed E-state index contributed by atoms with van der Waals surface area (Å²) in [6, 6.07) is 0. The van der Waals surface area contributed by atoms with Crippen molar-refractivity contribution in [3.8, 4) is 0 Å². The SMILES string of the molecule is CO[C@@H]1CC[C@@H]2[C@H]3CC=C4C[C@@H](O)CC[C@]4(C)[C@@H]3CC[C@]21C. The van der Waals surface area contributed by atoms with E-state index in [0.717, 1.165) is 30.6 Å². The minimum Gasteiger partial charge on any atom is -0.393 e. The monoisotopic (exact) mass is 304 g/mol. The first-order chi connectivity index (χ1) is 10.5. The number of hydrogen-bond acceptors (Lipinski definition) is 2. The summed E-state index contributed by atoms with van der Waals surface area (Å²) in [6.45, 7) is 5.01. The predicted molar refractivity (Wildman–Crippen MR) is 88.5 cm³/mol. The third kappa shape index (κ3) is 1.92. The smallest absolute Gasteiger partial charge is 0.0627 e. The number of rotatable bonds is 1. The second kappa shape index (κ2) is 5.08. The Hall–Kier alpha value is -0.340. The zero-order chi connectivity index (χ0) is 15.5. The van der Waals surface area contributed by atoms with E-state index >= 15 is 0 Å². The van der Waals surface area contributed by atoms with E-state index in [4.69, 9.17) is 4.74 Å². The molecular weight excluding hydrogens is 272 g/mol. The van der Waals surface area contributed by atoms with Crippen LogP contribution in [0.5, 0.6) is 0 Å². The lowest BCUT2D eigenvalue weighted by Crippen LogP contribution is -2.51. The van der Waals surface area contributed by atoms with Crippen LogP contribution in [0.2, 0.25) is 0 Å². The molecule has 3 saturated carbocycles. The summed E-state index contributed by atoms with van der Waals surface area (Å²) >= 11 is 0. The summed E-state index contributed by atoms with van der Waals surface area (Å²) in [5.41, 5.74) is 2.36. The lowest BCUT2D eigenvalue weighted by atomic mass is 9.48. The highest BCUT2D eigenvalue weighted by atomic mass is 16.5. The van der Waals surface area contributed by atoms with Crippen LogP contribution in [0.4, 0.5) is 0 Å². The molecule has 0 saturated heterocycles. The molecule has 0 radical (unpaired) electrons. The van der Waals surface area contributed by atoms with Crippen molar-refractivity contribution in [3.05, 3.63) is 11.6 Å². The molecule has 4 aliphatic rings. The van der Waals surface area contributed by atoms with Gasteiger partial charge in [-0.05, 0) is 80.0 Å². The first-order valence-corrected chi connectivity index (χ1v) is 9.39. The Balaban J connectivity index is 1.66. The maximum absolute atomic E-state index is 10.1. The van der Waals surface area contributed by atoms with Crippen LogP contribution in [0.25, 0.3) is 0 Å². The zero-order valence-electron chi connectivity index (χ0n) is 14.5. The van der Waals surface area contributed by atoms with Gasteiger partial charge in [0, 0.05) is 7.11 Å². The summed E-state index contributed by atoms with van der Waals surface area (Å²) in [5, 5.41) is 10.1. The molecule has 1 N–H and O–H groups in total. The first-order valence-electron chi connectivity index (χ1n) is 9.39. The molecule has 124 valence electrons. The number of hydrogen-bond donors (Lipinski definition) is 1. The van der Waals surface area contributed by atoms with Crippen molar-refractivity contribution < 1.29 is 9.84 Å². The lowest BCUT2D eigenvalue weighted by Gasteiger charge is -2.57. The van der Waals surface area contributed by atoms with Gasteiger partial charge in [0.2, 0.25) is 0 Å². The average molecular weight is 304 g/mol. The van der Waals surface area contributed by atoms with Crippen LogP contribution in [-0.4, -0.2) is 24.4 Å². The normalized spacial score (nSPS) is 54.2. The lowest BCUT2D eigenvalue weighted by molar-refractivity contribution is -0.0820. The molecule has 0 aromatic carbocycles. The van der Waals surface area contributed by atoms with Gasteiger partial charge in [-0.15, -0.1) is 0 Å². The van der Waals surface area contributed by atoms with Crippen LogP contribution in [0.15, 0.2) is 11.6 Å². The van der Waals surface area contributed by atoms with Crippen LogP contribution in [0.3, 0.4) is 0 Å². The third-order valence-corrected chi connectivity index (χ3v) is 8.28. The molecular formula is C20H32O2. The summed E-state index contributed by atoms with van der Waals surface area (Å²) in [6.07, 6.45) is 12.6. The number of fused-ring (bicyclic) bond motifs is 5. The molecule has 22 heavy (non-hydrogen) atoms. The molecule has 0 unspecified atom stereocenters. The Morgan fingerprint density at radius 2 is 1.91 bits per heavy atom. The topological polar surface area (TPSA) is 29.5 Å². The van der Waals surface area contributed by atoms with Gasteiger partial charge in [-0.25, -0.2) is 0 Å². The Morgan fingerprint density at radius 3 is 2.68 bits per heavy atom. The highest BCUT2D eigenvalue weighted by molar-refractivity contribution is 5.25. The van der Waals surface area contributed by atoms with Gasteiger partial charge in [0.25, 0.3) is 0 Å². The Morgan fingerprint density at radius 1 is 1.09 bits per heavy atom. The minimum atomic E-state index is -0.0888. The number of ether oxygens (including phenoxy) is 1. The summed E-state index contributed by atoms with van der Waals surface area (Å²) < 4.78 is 5.86. The highest BCUT2D eigenvalue weighted by Gasteiger charge is 2.58. The fourth-order valence-corrected chi connectivity index (χ4v) is 6.98. The number of allylic oxidation sites excluding steroid dienone is 1. The number of methoxy groups -OCH3 is 1. The molecule has 4 rings (SSSR count). The molecule has 4 aliphatic carbocycles. The van der Waals surface area contributed by atoms with E-state index in [1.54, 1.807) is 5.57 Å². The zero-order valence-corrected chi connectivity index (χ0v) is 14.5. The first kappa shape index (κ1) is 15.2. The van der Waals surface area contributed by atoms with Gasteiger partial charge in [0.05, 0.1) is 12.2 Å². The van der Waals surface area contributed by atoms with Gasteiger partial charge < -0.3 is 9.84 Å². The maximum Gasteiger partial charge on any atom is 0.0627 e. The van der Waals surface area contributed by atoms with E-state index in [-0.39, 0.29) is 6.10 Å². The molecule has 3 fully saturated rings. The van der Waals surface area contributed by atoms with E-state index in [1.807, 2.05) is 7.11 Å². The number of aliphatic hydroxyl groups excluding tert-OH is 1. The second-order valence-electron chi connectivity index (χ2n) is 9.00. The van der Waals surface area contributed by atoms with Crippen LogP contribution in [-0.2, 0) is 4.74 Å². The quantitative estimate of drug-likeness (QED) is 0.731. The van der Waals surface area contributed by atoms with Gasteiger partial charge in [0.1, 0.15) is 0 Å². The van der Waals surface area contributed by atoms with Gasteiger partial charge in [-0.2, -0.15) is 0 Å². The van der Waals surface area contributed by atoms with E-state index in [2.05, 4.69) is 19.9 Å². The molecule has 2 heteroatoms. The van der Waals surface area contributed by atoms with E-state index < -0.39 is 0 Å². The van der Waals surface area contributed by atoms with Crippen molar-refractivity contribution in [1.29, 1.82) is 0 Å². The Labute approximate surface area is 135 Å². The van der Waals surface area contributed by atoms with Crippen molar-refractivity contribution in [2.24, 2.45) is 28.6 Å². The number of aliphatic hydroxyl groups is 1. The average Bonchev–Trinajstić information content (AvgIpc) is 2.84. The van der Waals surface area contributed by atoms with Crippen molar-refractivity contribution in [2.45, 2.75) is 77.4 Å². The fraction of sp³-hybridized carbons (Fsp3) is 0.900. The van der Waals surface area contributed by atoms with Gasteiger partial charge in [0.15, 0.2) is 0 Å². The van der Waals surface area contributed by atoms with Crippen LogP contribution in [0, 0.1) is 28.6 Å². The molecule has 0 aromatic rings. The molecule has 0 aliphatic heterocycles. The fourth-order valence-electron chi connectivity index (χ4n) is 6.98. The van der Waals surface area contributed by atoms with Crippen molar-refractivity contribution in [1.82, 2.24) is 0 Å². The Bertz CT molecular complexity index is 484. The molecule has 0 heterocycles. The van der Waals surface area contributed by atoms with Crippen molar-refractivity contribution in [3.63, 3.8) is 0 Å². The van der Waals surface area contributed by atoms with Crippen molar-refractivity contribution in [2.75, 3.05) is 7.11 Å². The van der Waals surface area contributed by atoms with E-state index in [9.17, 15) is 5.11 Å². The van der Waals surface area contributed by atoms with Gasteiger partial charge in [-0.1, -0.05) is 25.5 Å². The summed E-state index contributed by atoms with van der Waals surface area (Å²) in [5.74, 6) is 2.54. The second-order valence-corrected chi connectivity index (χ2v) is 9.00. The summed E-state index contributed by atoms with van der Waals surface area (Å²) in [4.78, 5) is 0. The van der Waals surface area contributed by atoms with Crippen LogP contribution in [0.1, 0.15) is 65.2 Å². The molecule has 2 nitrogen and oxygen atoms in total. The van der Waals surface area contributed by atoms with E-state index in [1.165, 1.54) is 38.5 Å². The highest BCUT2D eigenvalue weighted by Crippen LogP contribution is 2.65. The van der Waals surface area contributed by atoms with Gasteiger partial charge in [-0.3, -0.25) is 0 Å². The summed E-state index contributed by atoms with van der Waals surface area (Å²) in [7, 11) is 1.91. The van der Waals surface area contributed by atoms with Gasteiger partial charge >= 0.3 is 0 Å². The third-order valence-electron chi connectivity index (χ3n) is 8.28. The predicted octanol–water partition coefficient (Wildman–Crippen LogP) is 4.33. The van der Waals surface area contributed by atoms with Crippen molar-refractivity contribution >= 4 is 0 Å². The Kier molecular flexibility index (Phi) is 3.51. The van der Waals surface area contributed by atoms with Crippen LogP contribution >= 0.6 is 0 Å².